The maximum atomic E-state index is 9.23. The normalized spacial score (nSPS) is 13.8. The summed E-state index contributed by atoms with van der Waals surface area (Å²) in [4.78, 5) is 14.9. The highest BCUT2D eigenvalue weighted by atomic mass is 32.1. The lowest BCUT2D eigenvalue weighted by Crippen LogP contribution is -2.07. The SMILES string of the molecule is N#Cc1ccc(-c2ccc(-c3cc4c(cc3-c3ccc(-c5nc(-c6ccccc6)nc(C6C=CC=CC6)n5)cc3)sc3ccccc34)cc2)cc1. The molecule has 1 atom stereocenters. The van der Waals surface area contributed by atoms with Gasteiger partial charge in [0.1, 0.15) is 5.82 Å². The lowest BCUT2D eigenvalue weighted by molar-refractivity contribution is 0.764. The van der Waals surface area contributed by atoms with Gasteiger partial charge in [0.05, 0.1) is 11.6 Å². The zero-order valence-electron chi connectivity index (χ0n) is 27.6. The Morgan fingerprint density at radius 3 is 1.78 bits per heavy atom. The van der Waals surface area contributed by atoms with Crippen LogP contribution in [0.15, 0.2) is 164 Å². The molecule has 0 saturated heterocycles. The van der Waals surface area contributed by atoms with Crippen LogP contribution in [-0.4, -0.2) is 15.0 Å². The van der Waals surface area contributed by atoms with Gasteiger partial charge in [-0.2, -0.15) is 5.26 Å². The molecule has 8 aromatic rings. The molecule has 0 radical (unpaired) electrons. The van der Waals surface area contributed by atoms with Crippen molar-refractivity contribution < 1.29 is 0 Å². The topological polar surface area (TPSA) is 62.5 Å². The Morgan fingerprint density at radius 1 is 0.529 bits per heavy atom. The molecule has 2 heterocycles. The molecule has 1 unspecified atom stereocenters. The summed E-state index contributed by atoms with van der Waals surface area (Å²) in [6.07, 6.45) is 9.34. The standard InChI is InChI=1S/C46H30N4S/c47-29-30-15-17-31(18-16-30)32-19-21-33(22-20-32)39-27-41-38-13-7-8-14-42(38)51-43(41)28-40(39)34-23-25-37(26-24-34)46-49-44(35-9-3-1-4-10-35)48-45(50-46)36-11-5-2-6-12-36/h1-11,13-28,36H,12H2. The van der Waals surface area contributed by atoms with Crippen LogP contribution in [0.2, 0.25) is 0 Å². The van der Waals surface area contributed by atoms with Crippen molar-refractivity contribution in [1.82, 2.24) is 15.0 Å². The van der Waals surface area contributed by atoms with Gasteiger partial charge in [-0.1, -0.05) is 133 Å². The largest absolute Gasteiger partial charge is 0.212 e. The molecular weight excluding hydrogens is 641 g/mol. The third-order valence-electron chi connectivity index (χ3n) is 9.51. The average Bonchev–Trinajstić information content (AvgIpc) is 3.59. The molecular formula is C46H30N4S. The van der Waals surface area contributed by atoms with Crippen molar-refractivity contribution in [2.24, 2.45) is 0 Å². The second kappa shape index (κ2) is 13.1. The molecule has 240 valence electrons. The minimum atomic E-state index is 0.109. The van der Waals surface area contributed by atoms with E-state index in [1.807, 2.05) is 65.9 Å². The summed E-state index contributed by atoms with van der Waals surface area (Å²) >= 11 is 1.83. The molecule has 1 aliphatic carbocycles. The number of hydrogen-bond acceptors (Lipinski definition) is 5. The van der Waals surface area contributed by atoms with E-state index in [-0.39, 0.29) is 5.92 Å². The fourth-order valence-corrected chi connectivity index (χ4v) is 7.93. The third kappa shape index (κ3) is 5.93. The van der Waals surface area contributed by atoms with Crippen molar-refractivity contribution >= 4 is 31.5 Å². The minimum Gasteiger partial charge on any atom is -0.212 e. The van der Waals surface area contributed by atoms with Crippen molar-refractivity contribution in [2.75, 3.05) is 0 Å². The summed E-state index contributed by atoms with van der Waals surface area (Å²) in [5.74, 6) is 2.25. The molecule has 6 aromatic carbocycles. The molecule has 51 heavy (non-hydrogen) atoms. The predicted octanol–water partition coefficient (Wildman–Crippen LogP) is 12.0. The monoisotopic (exact) mass is 670 g/mol. The number of rotatable bonds is 6. The highest BCUT2D eigenvalue weighted by Crippen LogP contribution is 2.42. The molecule has 4 nitrogen and oxygen atoms in total. The Balaban J connectivity index is 1.14. The van der Waals surface area contributed by atoms with Crippen molar-refractivity contribution in [2.45, 2.75) is 12.3 Å². The number of aromatic nitrogens is 3. The molecule has 0 aliphatic heterocycles. The number of nitriles is 1. The summed E-state index contributed by atoms with van der Waals surface area (Å²) in [6, 6.07) is 50.8. The predicted molar refractivity (Wildman–Crippen MR) is 210 cm³/mol. The quantitative estimate of drug-likeness (QED) is 0.177. The second-order valence-electron chi connectivity index (χ2n) is 12.7. The first-order valence-corrected chi connectivity index (χ1v) is 17.8. The molecule has 0 fully saturated rings. The van der Waals surface area contributed by atoms with Gasteiger partial charge < -0.3 is 0 Å². The summed E-state index contributed by atoms with van der Waals surface area (Å²) in [6.45, 7) is 0. The van der Waals surface area contributed by atoms with Gasteiger partial charge in [0, 0.05) is 37.2 Å². The maximum absolute atomic E-state index is 9.23. The molecule has 2 aromatic heterocycles. The molecule has 0 amide bonds. The summed E-state index contributed by atoms with van der Waals surface area (Å²) in [7, 11) is 0. The van der Waals surface area contributed by atoms with Crippen LogP contribution in [0.1, 0.15) is 23.7 Å². The van der Waals surface area contributed by atoms with E-state index in [4.69, 9.17) is 15.0 Å². The van der Waals surface area contributed by atoms with Gasteiger partial charge in [0.2, 0.25) is 0 Å². The van der Waals surface area contributed by atoms with Gasteiger partial charge >= 0.3 is 0 Å². The van der Waals surface area contributed by atoms with Crippen LogP contribution in [0, 0.1) is 11.3 Å². The molecule has 9 rings (SSSR count). The van der Waals surface area contributed by atoms with Crippen molar-refractivity contribution in [3.8, 4) is 62.2 Å². The van der Waals surface area contributed by atoms with Gasteiger partial charge in [-0.15, -0.1) is 11.3 Å². The van der Waals surface area contributed by atoms with E-state index in [1.165, 1.54) is 31.3 Å². The van der Waals surface area contributed by atoms with Crippen LogP contribution < -0.4 is 0 Å². The second-order valence-corrected chi connectivity index (χ2v) is 13.8. The summed E-state index contributed by atoms with van der Waals surface area (Å²) < 4.78 is 2.54. The molecule has 0 saturated carbocycles. The Labute approximate surface area is 300 Å². The number of benzene rings is 6. The van der Waals surface area contributed by atoms with E-state index in [0.29, 0.717) is 17.2 Å². The van der Waals surface area contributed by atoms with Crippen molar-refractivity contribution in [3.63, 3.8) is 0 Å². The Hall–Kier alpha value is -6.48. The van der Waals surface area contributed by atoms with E-state index in [2.05, 4.69) is 115 Å². The fourth-order valence-electron chi connectivity index (χ4n) is 6.80. The van der Waals surface area contributed by atoms with Gasteiger partial charge in [0.25, 0.3) is 0 Å². The first kappa shape index (κ1) is 30.6. The Morgan fingerprint density at radius 2 is 1.12 bits per heavy atom. The lowest BCUT2D eigenvalue weighted by Gasteiger charge is -2.15. The molecule has 5 heteroatoms. The summed E-state index contributed by atoms with van der Waals surface area (Å²) in [5, 5.41) is 11.8. The van der Waals surface area contributed by atoms with Crippen LogP contribution >= 0.6 is 11.3 Å². The number of nitrogens with zero attached hydrogens (tertiary/aromatic N) is 4. The van der Waals surface area contributed by atoms with E-state index in [0.717, 1.165) is 45.6 Å². The highest BCUT2D eigenvalue weighted by molar-refractivity contribution is 7.25. The van der Waals surface area contributed by atoms with E-state index < -0.39 is 0 Å². The van der Waals surface area contributed by atoms with Gasteiger partial charge in [-0.25, -0.2) is 15.0 Å². The van der Waals surface area contributed by atoms with Crippen LogP contribution in [0.4, 0.5) is 0 Å². The average molecular weight is 671 g/mol. The number of allylic oxidation sites excluding steroid dienone is 4. The van der Waals surface area contributed by atoms with Crippen molar-refractivity contribution in [3.05, 3.63) is 175 Å². The van der Waals surface area contributed by atoms with Crippen LogP contribution in [0.25, 0.3) is 76.3 Å². The first-order chi connectivity index (χ1) is 25.2. The van der Waals surface area contributed by atoms with E-state index >= 15 is 0 Å². The van der Waals surface area contributed by atoms with Gasteiger partial charge in [0.15, 0.2) is 11.6 Å². The first-order valence-electron chi connectivity index (χ1n) is 17.0. The van der Waals surface area contributed by atoms with E-state index in [9.17, 15) is 5.26 Å². The minimum absolute atomic E-state index is 0.109. The molecule has 1 aliphatic rings. The number of fused-ring (bicyclic) bond motifs is 3. The highest BCUT2D eigenvalue weighted by Gasteiger charge is 2.18. The van der Waals surface area contributed by atoms with Gasteiger partial charge in [-0.3, -0.25) is 0 Å². The number of hydrogen-bond donors (Lipinski definition) is 0. The third-order valence-corrected chi connectivity index (χ3v) is 10.6. The zero-order valence-corrected chi connectivity index (χ0v) is 28.4. The lowest BCUT2D eigenvalue weighted by atomic mass is 9.91. The fraction of sp³-hybridized carbons (Fsp3) is 0.0435. The summed E-state index contributed by atoms with van der Waals surface area (Å²) in [5.41, 5.74) is 9.41. The maximum Gasteiger partial charge on any atom is 0.163 e. The van der Waals surface area contributed by atoms with Crippen LogP contribution in [0.5, 0.6) is 0 Å². The molecule has 0 bridgehead atoms. The Bertz CT molecular complexity index is 2650. The van der Waals surface area contributed by atoms with E-state index in [1.54, 1.807) is 0 Å². The van der Waals surface area contributed by atoms with Crippen LogP contribution in [-0.2, 0) is 0 Å². The molecule has 0 spiro atoms. The molecule has 0 N–H and O–H groups in total. The smallest absolute Gasteiger partial charge is 0.163 e. The zero-order chi connectivity index (χ0) is 34.1. The number of thiophene rings is 1. The Kier molecular flexibility index (Phi) is 7.85. The van der Waals surface area contributed by atoms with Crippen LogP contribution in [0.3, 0.4) is 0 Å². The van der Waals surface area contributed by atoms with Gasteiger partial charge in [-0.05, 0) is 70.1 Å². The van der Waals surface area contributed by atoms with Crippen molar-refractivity contribution in [1.29, 1.82) is 5.26 Å².